The molecule has 3 aromatic rings. The summed E-state index contributed by atoms with van der Waals surface area (Å²) in [6.07, 6.45) is 5.69. The summed E-state index contributed by atoms with van der Waals surface area (Å²) in [5, 5.41) is 7.45. The third-order valence-corrected chi connectivity index (χ3v) is 3.22. The smallest absolute Gasteiger partial charge is 0.160 e. The van der Waals surface area contributed by atoms with Gasteiger partial charge < -0.3 is 5.32 Å². The Bertz CT molecular complexity index is 811. The minimum absolute atomic E-state index is 0.294. The molecule has 1 N–H and O–H groups in total. The number of benzene rings is 1. The Kier molecular flexibility index (Phi) is 3.65. The van der Waals surface area contributed by atoms with Crippen molar-refractivity contribution in [3.63, 3.8) is 0 Å². The van der Waals surface area contributed by atoms with Gasteiger partial charge in [-0.15, -0.1) is 0 Å². The number of halogens is 1. The summed E-state index contributed by atoms with van der Waals surface area (Å²) in [6.45, 7) is 0. The Labute approximate surface area is 126 Å². The zero-order chi connectivity index (χ0) is 15.5. The Morgan fingerprint density at radius 1 is 1.23 bits per heavy atom. The van der Waals surface area contributed by atoms with Crippen LogP contribution in [0.15, 0.2) is 48.9 Å². The number of nitrogens with one attached hydrogen (secondary N) is 1. The van der Waals surface area contributed by atoms with Gasteiger partial charge in [-0.1, -0.05) is 12.1 Å². The van der Waals surface area contributed by atoms with Crippen LogP contribution in [0.3, 0.4) is 0 Å². The molecule has 0 bridgehead atoms. The molecule has 0 unspecified atom stereocenters. The van der Waals surface area contributed by atoms with Crippen LogP contribution in [0, 0.1) is 5.82 Å². The van der Waals surface area contributed by atoms with Crippen LogP contribution in [0.1, 0.15) is 10.4 Å². The summed E-state index contributed by atoms with van der Waals surface area (Å²) < 4.78 is 14.7. The van der Waals surface area contributed by atoms with E-state index in [9.17, 15) is 9.18 Å². The normalized spacial score (nSPS) is 10.5. The van der Waals surface area contributed by atoms with Gasteiger partial charge in [-0.3, -0.25) is 14.5 Å². The van der Waals surface area contributed by atoms with Crippen molar-refractivity contribution in [2.75, 3.05) is 5.32 Å². The van der Waals surface area contributed by atoms with E-state index in [1.807, 2.05) is 6.20 Å². The van der Waals surface area contributed by atoms with E-state index in [4.69, 9.17) is 0 Å². The highest BCUT2D eigenvalue weighted by Crippen LogP contribution is 2.29. The molecule has 0 aliphatic carbocycles. The second-order valence-corrected chi connectivity index (χ2v) is 4.78. The first kappa shape index (κ1) is 13.9. The second kappa shape index (κ2) is 5.77. The maximum absolute atomic E-state index is 13.1. The molecule has 0 saturated carbocycles. The van der Waals surface area contributed by atoms with Crippen LogP contribution in [-0.2, 0) is 7.05 Å². The van der Waals surface area contributed by atoms with Crippen LogP contribution in [0.5, 0.6) is 0 Å². The number of nitrogens with zero attached hydrogens (tertiary/aromatic N) is 3. The molecule has 22 heavy (non-hydrogen) atoms. The maximum Gasteiger partial charge on any atom is 0.160 e. The molecule has 0 amide bonds. The van der Waals surface area contributed by atoms with Crippen molar-refractivity contribution in [3.8, 4) is 11.1 Å². The molecule has 5 nitrogen and oxygen atoms in total. The number of aromatic nitrogens is 3. The van der Waals surface area contributed by atoms with E-state index in [0.29, 0.717) is 17.1 Å². The Balaban J connectivity index is 2.01. The van der Waals surface area contributed by atoms with Gasteiger partial charge in [0.15, 0.2) is 12.1 Å². The van der Waals surface area contributed by atoms with Crippen molar-refractivity contribution in [3.05, 3.63) is 60.3 Å². The van der Waals surface area contributed by atoms with Crippen LogP contribution < -0.4 is 5.32 Å². The summed E-state index contributed by atoms with van der Waals surface area (Å²) in [6, 6.07) is 7.78. The van der Waals surface area contributed by atoms with Gasteiger partial charge in [-0.2, -0.15) is 5.10 Å². The minimum Gasteiger partial charge on any atom is -0.336 e. The summed E-state index contributed by atoms with van der Waals surface area (Å²) >= 11 is 0. The molecule has 110 valence electrons. The van der Waals surface area contributed by atoms with Crippen molar-refractivity contribution < 1.29 is 9.18 Å². The molecule has 2 heterocycles. The summed E-state index contributed by atoms with van der Waals surface area (Å²) in [5.41, 5.74) is 2.70. The molecule has 6 heteroatoms. The molecular formula is C16H13FN4O. The van der Waals surface area contributed by atoms with Crippen LogP contribution in [-0.4, -0.2) is 21.1 Å². The van der Waals surface area contributed by atoms with E-state index in [1.165, 1.54) is 12.1 Å². The second-order valence-electron chi connectivity index (χ2n) is 4.78. The third-order valence-electron chi connectivity index (χ3n) is 3.22. The number of carbonyl (C=O) groups is 1. The van der Waals surface area contributed by atoms with Crippen molar-refractivity contribution in [1.82, 2.24) is 14.8 Å². The molecule has 3 rings (SSSR count). The fourth-order valence-electron chi connectivity index (χ4n) is 2.16. The van der Waals surface area contributed by atoms with Gasteiger partial charge in [0.2, 0.25) is 0 Å². The zero-order valence-corrected chi connectivity index (χ0v) is 11.8. The lowest BCUT2D eigenvalue weighted by molar-refractivity contribution is 0.112. The highest BCUT2D eigenvalue weighted by molar-refractivity contribution is 5.87. The molecule has 0 radical (unpaired) electrons. The molecule has 1 aromatic carbocycles. The number of hydrogen-bond donors (Lipinski definition) is 1. The van der Waals surface area contributed by atoms with Gasteiger partial charge in [0.1, 0.15) is 5.82 Å². The molecule has 0 aliphatic rings. The number of aryl methyl sites for hydroxylation is 1. The van der Waals surface area contributed by atoms with Gasteiger partial charge >= 0.3 is 0 Å². The largest absolute Gasteiger partial charge is 0.336 e. The molecule has 0 saturated heterocycles. The van der Waals surface area contributed by atoms with E-state index in [1.54, 1.807) is 42.3 Å². The predicted molar refractivity (Wildman–Crippen MR) is 81.5 cm³/mol. The standard InChI is InChI=1S/C16H13FN4O/c1-21-9-14(11-2-4-13(17)5-3-11)16(20-21)19-15-8-18-7-6-12(15)10-22/h2-10H,1H3,(H,19,20). The lowest BCUT2D eigenvalue weighted by atomic mass is 10.1. The van der Waals surface area contributed by atoms with Crippen LogP contribution in [0.25, 0.3) is 11.1 Å². The fraction of sp³-hybridized carbons (Fsp3) is 0.0625. The number of hydrogen-bond acceptors (Lipinski definition) is 4. The average molecular weight is 296 g/mol. The van der Waals surface area contributed by atoms with Crippen LogP contribution in [0.2, 0.25) is 0 Å². The molecule has 0 atom stereocenters. The first-order valence-corrected chi connectivity index (χ1v) is 6.63. The first-order valence-electron chi connectivity index (χ1n) is 6.63. The third kappa shape index (κ3) is 2.71. The summed E-state index contributed by atoms with van der Waals surface area (Å²) in [7, 11) is 1.79. The number of carbonyl (C=O) groups excluding carboxylic acids is 1. The van der Waals surface area contributed by atoms with Crippen LogP contribution in [0.4, 0.5) is 15.9 Å². The molecule has 0 fully saturated rings. The monoisotopic (exact) mass is 296 g/mol. The van der Waals surface area contributed by atoms with E-state index in [2.05, 4.69) is 15.4 Å². The molecule has 0 spiro atoms. The fourth-order valence-corrected chi connectivity index (χ4v) is 2.16. The van der Waals surface area contributed by atoms with E-state index < -0.39 is 0 Å². The van der Waals surface area contributed by atoms with E-state index in [0.717, 1.165) is 17.4 Å². The lowest BCUT2D eigenvalue weighted by Gasteiger charge is -2.07. The SMILES string of the molecule is Cn1cc(-c2ccc(F)cc2)c(Nc2cnccc2C=O)n1. The Morgan fingerprint density at radius 2 is 2.00 bits per heavy atom. The number of anilines is 2. The first-order chi connectivity index (χ1) is 10.7. The van der Waals surface area contributed by atoms with Gasteiger partial charge in [-0.05, 0) is 23.8 Å². The topological polar surface area (TPSA) is 59.8 Å². The van der Waals surface area contributed by atoms with Gasteiger partial charge in [-0.25, -0.2) is 4.39 Å². The average Bonchev–Trinajstić information content (AvgIpc) is 2.89. The Hall–Kier alpha value is -3.02. The highest BCUT2D eigenvalue weighted by Gasteiger charge is 2.12. The maximum atomic E-state index is 13.1. The minimum atomic E-state index is -0.294. The number of rotatable bonds is 4. The van der Waals surface area contributed by atoms with Gasteiger partial charge in [0, 0.05) is 30.6 Å². The van der Waals surface area contributed by atoms with Crippen molar-refractivity contribution >= 4 is 17.8 Å². The predicted octanol–water partition coefficient (Wildman–Crippen LogP) is 3.18. The summed E-state index contributed by atoms with van der Waals surface area (Å²) in [4.78, 5) is 15.1. The quantitative estimate of drug-likeness (QED) is 0.751. The van der Waals surface area contributed by atoms with E-state index in [-0.39, 0.29) is 5.82 Å². The van der Waals surface area contributed by atoms with E-state index >= 15 is 0 Å². The van der Waals surface area contributed by atoms with Crippen molar-refractivity contribution in [2.45, 2.75) is 0 Å². The van der Waals surface area contributed by atoms with Crippen LogP contribution >= 0.6 is 0 Å². The lowest BCUT2D eigenvalue weighted by Crippen LogP contribution is -1.98. The Morgan fingerprint density at radius 3 is 2.73 bits per heavy atom. The van der Waals surface area contributed by atoms with Gasteiger partial charge in [0.05, 0.1) is 11.9 Å². The highest BCUT2D eigenvalue weighted by atomic mass is 19.1. The number of aldehydes is 1. The number of pyridine rings is 1. The summed E-state index contributed by atoms with van der Waals surface area (Å²) in [5.74, 6) is 0.280. The van der Waals surface area contributed by atoms with Crippen molar-refractivity contribution in [1.29, 1.82) is 0 Å². The molecule has 0 aliphatic heterocycles. The molecule has 2 aromatic heterocycles. The van der Waals surface area contributed by atoms with Crippen molar-refractivity contribution in [2.24, 2.45) is 7.05 Å². The molecular weight excluding hydrogens is 283 g/mol. The van der Waals surface area contributed by atoms with Gasteiger partial charge in [0.25, 0.3) is 0 Å². The zero-order valence-electron chi connectivity index (χ0n) is 11.8.